The molecule has 1 aliphatic rings. The molecule has 0 saturated heterocycles. The van der Waals surface area contributed by atoms with Crippen molar-refractivity contribution in [3.63, 3.8) is 0 Å². The van der Waals surface area contributed by atoms with E-state index in [1.54, 1.807) is 0 Å². The highest BCUT2D eigenvalue weighted by atomic mass is 35.5. The van der Waals surface area contributed by atoms with Crippen molar-refractivity contribution >= 4 is 29.5 Å². The van der Waals surface area contributed by atoms with Gasteiger partial charge in [-0.15, -0.1) is 23.7 Å². The monoisotopic (exact) mass is 274 g/mol. The van der Waals surface area contributed by atoms with Gasteiger partial charge >= 0.3 is 0 Å². The number of aryl methyl sites for hydroxylation is 1. The quantitative estimate of drug-likeness (QED) is 0.623. The fraction of sp³-hybridized carbons (Fsp3) is 0.583. The van der Waals surface area contributed by atoms with Gasteiger partial charge in [0.05, 0.1) is 5.71 Å². The van der Waals surface area contributed by atoms with E-state index in [4.69, 9.17) is 4.84 Å². The summed E-state index contributed by atoms with van der Waals surface area (Å²) in [6.07, 6.45) is 3.44. The minimum absolute atomic E-state index is 0. The second kappa shape index (κ2) is 6.99. The van der Waals surface area contributed by atoms with Gasteiger partial charge in [-0.2, -0.15) is 0 Å². The maximum absolute atomic E-state index is 5.36. The largest absolute Gasteiger partial charge is 0.394 e. The first kappa shape index (κ1) is 14.5. The molecule has 3 nitrogen and oxygen atoms in total. The summed E-state index contributed by atoms with van der Waals surface area (Å²) in [6.45, 7) is 1.57. The van der Waals surface area contributed by atoms with Gasteiger partial charge in [-0.25, -0.2) is 0 Å². The maximum atomic E-state index is 5.36. The number of rotatable bonds is 4. The molecule has 0 bridgehead atoms. The lowest BCUT2D eigenvalue weighted by molar-refractivity contribution is 0.125. The minimum atomic E-state index is 0. The van der Waals surface area contributed by atoms with Crippen LogP contribution in [0.15, 0.2) is 16.6 Å². The van der Waals surface area contributed by atoms with E-state index in [1.165, 1.54) is 23.3 Å². The van der Waals surface area contributed by atoms with Crippen LogP contribution in [0.1, 0.15) is 23.3 Å². The van der Waals surface area contributed by atoms with Crippen LogP contribution in [0.5, 0.6) is 0 Å². The highest BCUT2D eigenvalue weighted by Gasteiger charge is 2.16. The zero-order valence-electron chi connectivity index (χ0n) is 10.3. The number of likely N-dealkylation sites (N-methyl/N-ethyl adjacent to an activating group) is 1. The van der Waals surface area contributed by atoms with Gasteiger partial charge in [-0.3, -0.25) is 0 Å². The van der Waals surface area contributed by atoms with E-state index in [2.05, 4.69) is 21.5 Å². The average Bonchev–Trinajstić information content (AvgIpc) is 2.72. The highest BCUT2D eigenvalue weighted by molar-refractivity contribution is 7.10. The lowest BCUT2D eigenvalue weighted by Gasteiger charge is -2.13. The Labute approximate surface area is 113 Å². The molecule has 0 unspecified atom stereocenters. The molecule has 17 heavy (non-hydrogen) atoms. The molecule has 5 heteroatoms. The van der Waals surface area contributed by atoms with Crippen LogP contribution in [0, 0.1) is 0 Å². The first-order valence-corrected chi connectivity index (χ1v) is 6.55. The Hall–Kier alpha value is -0.580. The van der Waals surface area contributed by atoms with Crippen molar-refractivity contribution in [2.75, 3.05) is 27.2 Å². The Kier molecular flexibility index (Phi) is 5.95. The molecule has 0 aromatic carbocycles. The summed E-state index contributed by atoms with van der Waals surface area (Å²) >= 11 is 1.83. The number of halogens is 1. The molecule has 0 radical (unpaired) electrons. The number of hydrogen-bond acceptors (Lipinski definition) is 4. The first-order valence-electron chi connectivity index (χ1n) is 5.67. The third-order valence-electron chi connectivity index (χ3n) is 2.68. The summed E-state index contributed by atoms with van der Waals surface area (Å²) in [6, 6.07) is 2.16. The van der Waals surface area contributed by atoms with Crippen LogP contribution in [0.4, 0.5) is 0 Å². The van der Waals surface area contributed by atoms with E-state index in [1.807, 2.05) is 25.4 Å². The molecule has 96 valence electrons. The van der Waals surface area contributed by atoms with Gasteiger partial charge in [0.25, 0.3) is 0 Å². The highest BCUT2D eigenvalue weighted by Crippen LogP contribution is 2.26. The van der Waals surface area contributed by atoms with Gasteiger partial charge in [-0.1, -0.05) is 5.16 Å². The third-order valence-corrected chi connectivity index (χ3v) is 3.66. The van der Waals surface area contributed by atoms with E-state index in [0.717, 1.165) is 18.7 Å². The number of thiophene rings is 1. The lowest BCUT2D eigenvalue weighted by Crippen LogP contribution is -2.17. The van der Waals surface area contributed by atoms with E-state index in [-0.39, 0.29) is 12.4 Å². The van der Waals surface area contributed by atoms with E-state index in [0.29, 0.717) is 6.61 Å². The lowest BCUT2D eigenvalue weighted by atomic mass is 9.97. The van der Waals surface area contributed by atoms with Gasteiger partial charge in [-0.05, 0) is 44.8 Å². The fourth-order valence-corrected chi connectivity index (χ4v) is 2.73. The standard InChI is InChI=1S/C12H18N2OS.ClH/c1-14(2)7-8-15-13-11-4-3-5-12-10(11)6-9-16-12;/h6,9H,3-5,7-8H2,1-2H3;1H/b13-11+;. The Morgan fingerprint density at radius 3 is 3.00 bits per heavy atom. The normalized spacial score (nSPS) is 16.8. The number of fused-ring (bicyclic) bond motifs is 1. The predicted molar refractivity (Wildman–Crippen MR) is 75.5 cm³/mol. The number of hydrogen-bond donors (Lipinski definition) is 0. The average molecular weight is 275 g/mol. The van der Waals surface area contributed by atoms with Crippen molar-refractivity contribution in [2.45, 2.75) is 19.3 Å². The molecular weight excluding hydrogens is 256 g/mol. The van der Waals surface area contributed by atoms with Crippen LogP contribution in [0.25, 0.3) is 0 Å². The summed E-state index contributed by atoms with van der Waals surface area (Å²) in [5.41, 5.74) is 2.43. The van der Waals surface area contributed by atoms with E-state index >= 15 is 0 Å². The summed E-state index contributed by atoms with van der Waals surface area (Å²) in [5.74, 6) is 0. The molecule has 0 N–H and O–H groups in total. The smallest absolute Gasteiger partial charge is 0.129 e. The molecule has 1 aromatic rings. The van der Waals surface area contributed by atoms with Crippen LogP contribution in [-0.4, -0.2) is 37.9 Å². The van der Waals surface area contributed by atoms with Gasteiger partial charge in [0.2, 0.25) is 0 Å². The molecule has 0 spiro atoms. The summed E-state index contributed by atoms with van der Waals surface area (Å²) in [5, 5.41) is 6.41. The topological polar surface area (TPSA) is 24.8 Å². The molecule has 0 saturated carbocycles. The van der Waals surface area contributed by atoms with Crippen molar-refractivity contribution in [1.82, 2.24) is 4.90 Å². The summed E-state index contributed by atoms with van der Waals surface area (Å²) < 4.78 is 0. The predicted octanol–water partition coefficient (Wildman–Crippen LogP) is 2.79. The van der Waals surface area contributed by atoms with Gasteiger partial charge in [0, 0.05) is 17.0 Å². The minimum Gasteiger partial charge on any atom is -0.394 e. The molecule has 0 atom stereocenters. The Morgan fingerprint density at radius 2 is 2.24 bits per heavy atom. The molecule has 0 aliphatic heterocycles. The molecule has 0 amide bonds. The molecular formula is C12H19ClN2OS. The van der Waals surface area contributed by atoms with Crippen LogP contribution in [0.3, 0.4) is 0 Å². The van der Waals surface area contributed by atoms with Crippen LogP contribution >= 0.6 is 23.7 Å². The summed E-state index contributed by atoms with van der Waals surface area (Å²) in [7, 11) is 4.07. The third kappa shape index (κ3) is 3.98. The van der Waals surface area contributed by atoms with Crippen molar-refractivity contribution in [2.24, 2.45) is 5.16 Å². The zero-order valence-corrected chi connectivity index (χ0v) is 11.9. The van der Waals surface area contributed by atoms with Crippen molar-refractivity contribution in [1.29, 1.82) is 0 Å². The van der Waals surface area contributed by atoms with Crippen LogP contribution in [0.2, 0.25) is 0 Å². The van der Waals surface area contributed by atoms with Gasteiger partial charge in [0.15, 0.2) is 0 Å². The van der Waals surface area contributed by atoms with Gasteiger partial charge < -0.3 is 9.74 Å². The number of oxime groups is 1. The zero-order chi connectivity index (χ0) is 11.4. The first-order chi connectivity index (χ1) is 7.77. The van der Waals surface area contributed by atoms with E-state index < -0.39 is 0 Å². The fourth-order valence-electron chi connectivity index (χ4n) is 1.78. The van der Waals surface area contributed by atoms with Gasteiger partial charge in [0.1, 0.15) is 6.61 Å². The van der Waals surface area contributed by atoms with Crippen molar-refractivity contribution < 1.29 is 4.84 Å². The van der Waals surface area contributed by atoms with Crippen LogP contribution in [-0.2, 0) is 11.3 Å². The molecule has 1 heterocycles. The Morgan fingerprint density at radius 1 is 1.41 bits per heavy atom. The van der Waals surface area contributed by atoms with Crippen LogP contribution < -0.4 is 0 Å². The van der Waals surface area contributed by atoms with Crippen molar-refractivity contribution in [3.8, 4) is 0 Å². The van der Waals surface area contributed by atoms with E-state index in [9.17, 15) is 0 Å². The SMILES string of the molecule is CN(C)CCO/N=C1\CCCc2sccc21.Cl. The molecule has 1 aliphatic carbocycles. The molecule has 0 fully saturated rings. The number of nitrogens with zero attached hydrogens (tertiary/aromatic N) is 2. The summed E-state index contributed by atoms with van der Waals surface area (Å²) in [4.78, 5) is 8.91. The maximum Gasteiger partial charge on any atom is 0.129 e. The molecule has 1 aromatic heterocycles. The second-order valence-corrected chi connectivity index (χ2v) is 5.29. The second-order valence-electron chi connectivity index (χ2n) is 4.29. The Bertz CT molecular complexity index is 376. The van der Waals surface area contributed by atoms with Crippen molar-refractivity contribution in [3.05, 3.63) is 21.9 Å². The molecule has 2 rings (SSSR count). The Balaban J connectivity index is 0.00000144.